The van der Waals surface area contributed by atoms with Crippen LogP contribution in [0.15, 0.2) is 35.6 Å². The Labute approximate surface area is 81.2 Å². The van der Waals surface area contributed by atoms with Gasteiger partial charge in [-0.15, -0.1) is 0 Å². The van der Waals surface area contributed by atoms with Crippen LogP contribution in [0.25, 0.3) is 0 Å². The smallest absolute Gasteiger partial charge is 0.342 e. The molecule has 5 nitrogen and oxygen atoms in total. The number of aliphatic carboxylic acids is 1. The summed E-state index contributed by atoms with van der Waals surface area (Å²) in [4.78, 5) is 20.4. The number of carboxylic acid groups (broad SMARTS) is 1. The number of carbonyl (C=O) groups is 1. The zero-order valence-corrected chi connectivity index (χ0v) is 7.93. The van der Waals surface area contributed by atoms with Gasteiger partial charge in [0.25, 0.3) is 5.70 Å². The Morgan fingerprint density at radius 1 is 1.43 bits per heavy atom. The molecule has 0 spiro atoms. The number of carboxylic acids is 1. The van der Waals surface area contributed by atoms with Crippen molar-refractivity contribution in [1.29, 1.82) is 0 Å². The Morgan fingerprint density at radius 3 is 2.29 bits per heavy atom. The van der Waals surface area contributed by atoms with Crippen molar-refractivity contribution in [3.8, 4) is 0 Å². The molecule has 0 aromatic rings. The van der Waals surface area contributed by atoms with Crippen LogP contribution in [0.4, 0.5) is 0 Å². The van der Waals surface area contributed by atoms with Crippen LogP contribution in [0, 0.1) is 10.1 Å². The van der Waals surface area contributed by atoms with E-state index < -0.39 is 16.6 Å². The highest BCUT2D eigenvalue weighted by molar-refractivity contribution is 5.90. The molecule has 76 valence electrons. The molecule has 0 aromatic carbocycles. The number of rotatable bonds is 4. The largest absolute Gasteiger partial charge is 0.477 e. The van der Waals surface area contributed by atoms with Gasteiger partial charge in [0.15, 0.2) is 0 Å². The molecule has 0 amide bonds. The van der Waals surface area contributed by atoms with E-state index >= 15 is 0 Å². The average Bonchev–Trinajstić information content (AvgIpc) is 2.10. The molecule has 0 aromatic heterocycles. The zero-order chi connectivity index (χ0) is 11.1. The molecule has 14 heavy (non-hydrogen) atoms. The van der Waals surface area contributed by atoms with Gasteiger partial charge in [-0.25, -0.2) is 4.79 Å². The lowest BCUT2D eigenvalue weighted by molar-refractivity contribution is -0.420. The molecule has 0 saturated heterocycles. The Morgan fingerprint density at radius 2 is 2.00 bits per heavy atom. The van der Waals surface area contributed by atoms with Crippen molar-refractivity contribution in [2.24, 2.45) is 0 Å². The highest BCUT2D eigenvalue weighted by Gasteiger charge is 2.21. The first-order valence-corrected chi connectivity index (χ1v) is 3.92. The summed E-state index contributed by atoms with van der Waals surface area (Å²) in [6, 6.07) is 0. The highest BCUT2D eigenvalue weighted by Crippen LogP contribution is 2.11. The van der Waals surface area contributed by atoms with Gasteiger partial charge in [-0.05, 0) is 13.8 Å². The third kappa shape index (κ3) is 3.22. The lowest BCUT2D eigenvalue weighted by Gasteiger charge is -1.97. The van der Waals surface area contributed by atoms with Crippen molar-refractivity contribution in [3.63, 3.8) is 0 Å². The first kappa shape index (κ1) is 12.1. The van der Waals surface area contributed by atoms with E-state index in [1.165, 1.54) is 19.1 Å². The van der Waals surface area contributed by atoms with Gasteiger partial charge in [0.2, 0.25) is 0 Å². The van der Waals surface area contributed by atoms with Crippen LogP contribution in [-0.2, 0) is 4.79 Å². The maximum Gasteiger partial charge on any atom is 0.342 e. The van der Waals surface area contributed by atoms with E-state index in [4.69, 9.17) is 5.11 Å². The van der Waals surface area contributed by atoms with Crippen molar-refractivity contribution in [2.45, 2.75) is 13.8 Å². The fraction of sp³-hybridized carbons (Fsp3) is 0.222. The lowest BCUT2D eigenvalue weighted by atomic mass is 10.2. The van der Waals surface area contributed by atoms with Gasteiger partial charge in [-0.2, -0.15) is 0 Å². The molecule has 0 saturated carbocycles. The SMILES string of the molecule is C\C=C/C=C(\C(=C/C)C(=O)O)[N+](=O)[O-]. The Kier molecular flexibility index (Phi) is 4.91. The zero-order valence-electron chi connectivity index (χ0n) is 7.93. The van der Waals surface area contributed by atoms with Gasteiger partial charge in [-0.1, -0.05) is 18.2 Å². The molecule has 0 radical (unpaired) electrons. The van der Waals surface area contributed by atoms with Crippen molar-refractivity contribution < 1.29 is 14.8 Å². The molecule has 0 rings (SSSR count). The van der Waals surface area contributed by atoms with Crippen LogP contribution in [0.1, 0.15) is 13.8 Å². The summed E-state index contributed by atoms with van der Waals surface area (Å²) in [6.45, 7) is 3.13. The second kappa shape index (κ2) is 5.69. The van der Waals surface area contributed by atoms with E-state index in [1.807, 2.05) is 0 Å². The van der Waals surface area contributed by atoms with E-state index in [0.717, 1.165) is 6.08 Å². The quantitative estimate of drug-likeness (QED) is 0.322. The summed E-state index contributed by atoms with van der Waals surface area (Å²) in [5.41, 5.74) is -0.730. The van der Waals surface area contributed by atoms with Gasteiger partial charge in [0, 0.05) is 6.08 Å². The highest BCUT2D eigenvalue weighted by atomic mass is 16.6. The third-order valence-corrected chi connectivity index (χ3v) is 1.44. The normalized spacial score (nSPS) is 13.3. The Hall–Kier alpha value is -1.91. The molecule has 0 aliphatic carbocycles. The molecule has 0 bridgehead atoms. The van der Waals surface area contributed by atoms with Crippen molar-refractivity contribution >= 4 is 5.97 Å². The molecule has 0 aliphatic heterocycles. The first-order chi connectivity index (χ1) is 6.54. The fourth-order valence-corrected chi connectivity index (χ4v) is 0.817. The van der Waals surface area contributed by atoms with Gasteiger partial charge in [0.1, 0.15) is 5.57 Å². The molecule has 0 heterocycles. The molecule has 5 heteroatoms. The minimum Gasteiger partial charge on any atom is -0.477 e. The van der Waals surface area contributed by atoms with Gasteiger partial charge in [0.05, 0.1) is 4.92 Å². The van der Waals surface area contributed by atoms with Crippen LogP contribution < -0.4 is 0 Å². The molecule has 0 atom stereocenters. The summed E-state index contributed by atoms with van der Waals surface area (Å²) in [5, 5.41) is 19.2. The molecule has 0 unspecified atom stereocenters. The average molecular weight is 197 g/mol. The second-order valence-corrected chi connectivity index (χ2v) is 2.34. The maximum atomic E-state index is 10.6. The van der Waals surface area contributed by atoms with Crippen LogP contribution in [0.3, 0.4) is 0 Å². The van der Waals surface area contributed by atoms with E-state index in [0.29, 0.717) is 0 Å². The Bertz CT molecular complexity index is 326. The van der Waals surface area contributed by atoms with E-state index in [9.17, 15) is 14.9 Å². The predicted molar refractivity (Wildman–Crippen MR) is 51.3 cm³/mol. The summed E-state index contributed by atoms with van der Waals surface area (Å²) in [6.07, 6.45) is 5.35. The number of hydrogen-bond donors (Lipinski definition) is 1. The van der Waals surface area contributed by atoms with Gasteiger partial charge >= 0.3 is 5.97 Å². The first-order valence-electron chi connectivity index (χ1n) is 3.92. The monoisotopic (exact) mass is 197 g/mol. The minimum absolute atomic E-state index is 0.312. The minimum atomic E-state index is -1.31. The number of allylic oxidation sites excluding steroid dienone is 4. The van der Waals surface area contributed by atoms with Crippen molar-refractivity contribution in [3.05, 3.63) is 45.7 Å². The summed E-state index contributed by atoms with van der Waals surface area (Å²) >= 11 is 0. The van der Waals surface area contributed by atoms with E-state index in [-0.39, 0.29) is 5.57 Å². The molecular weight excluding hydrogens is 186 g/mol. The standard InChI is InChI=1S/C9H11NO4/c1-3-5-6-8(10(13)14)7(4-2)9(11)12/h3-6H,1-2H3,(H,11,12)/b5-3-,7-4+,8-6+. The summed E-state index contributed by atoms with van der Waals surface area (Å²) < 4.78 is 0. The van der Waals surface area contributed by atoms with Crippen LogP contribution in [-0.4, -0.2) is 16.0 Å². The van der Waals surface area contributed by atoms with Crippen molar-refractivity contribution in [2.75, 3.05) is 0 Å². The Balaban J connectivity index is 5.21. The summed E-state index contributed by atoms with van der Waals surface area (Å²) in [5.74, 6) is -1.31. The van der Waals surface area contributed by atoms with Crippen LogP contribution in [0.5, 0.6) is 0 Å². The maximum absolute atomic E-state index is 10.6. The number of hydrogen-bond acceptors (Lipinski definition) is 3. The fourth-order valence-electron chi connectivity index (χ4n) is 0.817. The number of nitro groups is 1. The molecular formula is C9H11NO4. The van der Waals surface area contributed by atoms with E-state index in [2.05, 4.69) is 0 Å². The predicted octanol–water partition coefficient (Wildman–Crippen LogP) is 1.75. The van der Waals surface area contributed by atoms with Gasteiger partial charge < -0.3 is 5.11 Å². The molecule has 1 N–H and O–H groups in total. The third-order valence-electron chi connectivity index (χ3n) is 1.44. The van der Waals surface area contributed by atoms with Crippen molar-refractivity contribution in [1.82, 2.24) is 0 Å². The molecule has 0 aliphatic rings. The van der Waals surface area contributed by atoms with Crippen LogP contribution in [0.2, 0.25) is 0 Å². The van der Waals surface area contributed by atoms with Gasteiger partial charge in [-0.3, -0.25) is 10.1 Å². The second-order valence-electron chi connectivity index (χ2n) is 2.34. The summed E-state index contributed by atoms with van der Waals surface area (Å²) in [7, 11) is 0. The lowest BCUT2D eigenvalue weighted by Crippen LogP contribution is -2.10. The molecule has 0 fully saturated rings. The van der Waals surface area contributed by atoms with Crippen LogP contribution >= 0.6 is 0 Å². The number of nitrogens with zero attached hydrogens (tertiary/aromatic N) is 1. The topological polar surface area (TPSA) is 80.4 Å². The van der Waals surface area contributed by atoms with E-state index in [1.54, 1.807) is 13.0 Å².